The number of hydrogen-bond donors (Lipinski definition) is 1. The maximum atomic E-state index is 10.6. The first-order valence-corrected chi connectivity index (χ1v) is 5.66. The lowest BCUT2D eigenvalue weighted by Gasteiger charge is -2.30. The minimum atomic E-state index is -1.03. The highest BCUT2D eigenvalue weighted by Gasteiger charge is 2.32. The van der Waals surface area contributed by atoms with Crippen molar-refractivity contribution >= 4 is 10.9 Å². The molecule has 17 heavy (non-hydrogen) atoms. The van der Waals surface area contributed by atoms with E-state index in [1.165, 1.54) is 0 Å². The molecule has 2 aromatic rings. The number of benzene rings is 1. The van der Waals surface area contributed by atoms with Crippen molar-refractivity contribution in [3.63, 3.8) is 0 Å². The van der Waals surface area contributed by atoms with Gasteiger partial charge in [-0.05, 0) is 31.5 Å². The second-order valence-corrected chi connectivity index (χ2v) is 4.40. The van der Waals surface area contributed by atoms with Crippen LogP contribution in [0.1, 0.15) is 19.4 Å². The molecule has 0 saturated carbocycles. The Balaban J connectivity index is 2.63. The number of rotatable bonds is 3. The Hall–Kier alpha value is -1.45. The van der Waals surface area contributed by atoms with Gasteiger partial charge in [-0.15, -0.1) is 0 Å². The van der Waals surface area contributed by atoms with E-state index < -0.39 is 5.60 Å². The van der Waals surface area contributed by atoms with Crippen LogP contribution in [0.15, 0.2) is 36.5 Å². The number of aliphatic hydroxyl groups is 1. The van der Waals surface area contributed by atoms with Gasteiger partial charge in [0, 0.05) is 18.7 Å². The molecular formula is C14H17NO2. The van der Waals surface area contributed by atoms with Crippen LogP contribution in [0.3, 0.4) is 0 Å². The maximum Gasteiger partial charge on any atom is 0.113 e. The van der Waals surface area contributed by atoms with Gasteiger partial charge in [0.1, 0.15) is 5.60 Å². The van der Waals surface area contributed by atoms with Crippen molar-refractivity contribution in [3.8, 4) is 0 Å². The lowest BCUT2D eigenvalue weighted by molar-refractivity contribution is -0.0762. The van der Waals surface area contributed by atoms with Gasteiger partial charge in [0.15, 0.2) is 0 Å². The molecular weight excluding hydrogens is 214 g/mol. The molecule has 0 aliphatic heterocycles. The van der Waals surface area contributed by atoms with Crippen molar-refractivity contribution in [1.29, 1.82) is 0 Å². The summed E-state index contributed by atoms with van der Waals surface area (Å²) in [6.45, 7) is 3.62. The van der Waals surface area contributed by atoms with Gasteiger partial charge in [0.05, 0.1) is 11.6 Å². The molecule has 0 saturated heterocycles. The molecule has 2 rings (SSSR count). The van der Waals surface area contributed by atoms with E-state index in [9.17, 15) is 5.11 Å². The second-order valence-electron chi connectivity index (χ2n) is 4.40. The normalized spacial score (nSPS) is 16.7. The van der Waals surface area contributed by atoms with Crippen LogP contribution in [-0.4, -0.2) is 23.3 Å². The third kappa shape index (κ3) is 2.04. The fourth-order valence-corrected chi connectivity index (χ4v) is 1.99. The van der Waals surface area contributed by atoms with Crippen molar-refractivity contribution in [3.05, 3.63) is 42.1 Å². The number of aromatic nitrogens is 1. The first kappa shape index (κ1) is 12.0. The van der Waals surface area contributed by atoms with Gasteiger partial charge in [0.25, 0.3) is 0 Å². The number of pyridine rings is 1. The van der Waals surface area contributed by atoms with Crippen molar-refractivity contribution in [1.82, 2.24) is 4.98 Å². The molecule has 0 radical (unpaired) electrons. The van der Waals surface area contributed by atoms with Gasteiger partial charge in [-0.2, -0.15) is 0 Å². The molecule has 1 aromatic heterocycles. The van der Waals surface area contributed by atoms with E-state index in [1.807, 2.05) is 37.3 Å². The summed E-state index contributed by atoms with van der Waals surface area (Å²) in [5.41, 5.74) is 0.697. The molecule has 0 amide bonds. The van der Waals surface area contributed by atoms with Crippen LogP contribution >= 0.6 is 0 Å². The number of nitrogens with zero attached hydrogens (tertiary/aromatic N) is 1. The standard InChI is InChI=1S/C14H17NO2/c1-10(17-3)14(2,16)12-7-4-8-13-11(12)6-5-9-15-13/h4-10,16H,1-3H3. The molecule has 0 spiro atoms. The van der Waals surface area contributed by atoms with E-state index >= 15 is 0 Å². The summed E-state index contributed by atoms with van der Waals surface area (Å²) in [4.78, 5) is 4.29. The van der Waals surface area contributed by atoms with Crippen LogP contribution in [0.2, 0.25) is 0 Å². The van der Waals surface area contributed by atoms with Crippen LogP contribution in [0.4, 0.5) is 0 Å². The predicted molar refractivity (Wildman–Crippen MR) is 67.8 cm³/mol. The summed E-state index contributed by atoms with van der Waals surface area (Å²) < 4.78 is 5.25. The lowest BCUT2D eigenvalue weighted by atomic mass is 9.88. The Kier molecular flexibility index (Phi) is 3.13. The first-order chi connectivity index (χ1) is 8.07. The molecule has 0 bridgehead atoms. The molecule has 3 heteroatoms. The summed E-state index contributed by atoms with van der Waals surface area (Å²) in [6, 6.07) is 9.60. The number of ether oxygens (including phenoxy) is 1. The molecule has 1 N–H and O–H groups in total. The SMILES string of the molecule is COC(C)C(C)(O)c1cccc2ncccc12. The topological polar surface area (TPSA) is 42.4 Å². The summed E-state index contributed by atoms with van der Waals surface area (Å²) in [7, 11) is 1.60. The van der Waals surface area contributed by atoms with E-state index in [1.54, 1.807) is 20.2 Å². The van der Waals surface area contributed by atoms with Crippen LogP contribution in [0, 0.1) is 0 Å². The van der Waals surface area contributed by atoms with Crippen LogP contribution < -0.4 is 0 Å². The van der Waals surface area contributed by atoms with Gasteiger partial charge in [0.2, 0.25) is 0 Å². The lowest BCUT2D eigenvalue weighted by Crippen LogP contribution is -2.35. The van der Waals surface area contributed by atoms with Gasteiger partial charge >= 0.3 is 0 Å². The summed E-state index contributed by atoms with van der Waals surface area (Å²) >= 11 is 0. The first-order valence-electron chi connectivity index (χ1n) is 5.66. The average Bonchev–Trinajstić information content (AvgIpc) is 2.37. The average molecular weight is 231 g/mol. The van der Waals surface area contributed by atoms with Crippen molar-refractivity contribution in [2.45, 2.75) is 25.6 Å². The van der Waals surface area contributed by atoms with E-state index in [4.69, 9.17) is 4.74 Å². The smallest absolute Gasteiger partial charge is 0.113 e. The van der Waals surface area contributed by atoms with Gasteiger partial charge in [-0.3, -0.25) is 4.98 Å². The van der Waals surface area contributed by atoms with Crippen LogP contribution in [0.25, 0.3) is 10.9 Å². The fourth-order valence-electron chi connectivity index (χ4n) is 1.99. The molecule has 1 heterocycles. The van der Waals surface area contributed by atoms with E-state index in [2.05, 4.69) is 4.98 Å². The highest BCUT2D eigenvalue weighted by molar-refractivity contribution is 5.82. The Labute approximate surface area is 101 Å². The molecule has 2 atom stereocenters. The zero-order chi connectivity index (χ0) is 12.5. The zero-order valence-electron chi connectivity index (χ0n) is 10.3. The van der Waals surface area contributed by atoms with E-state index in [-0.39, 0.29) is 6.10 Å². The third-order valence-electron chi connectivity index (χ3n) is 3.34. The fraction of sp³-hybridized carbons (Fsp3) is 0.357. The van der Waals surface area contributed by atoms with E-state index in [0.29, 0.717) is 0 Å². The molecule has 0 aliphatic carbocycles. The minimum absolute atomic E-state index is 0.284. The van der Waals surface area contributed by atoms with Gasteiger partial charge in [-0.1, -0.05) is 18.2 Å². The van der Waals surface area contributed by atoms with Crippen LogP contribution in [-0.2, 0) is 10.3 Å². The number of hydrogen-bond acceptors (Lipinski definition) is 3. The molecule has 90 valence electrons. The van der Waals surface area contributed by atoms with Crippen molar-refractivity contribution < 1.29 is 9.84 Å². The summed E-state index contributed by atoms with van der Waals surface area (Å²) in [5.74, 6) is 0. The minimum Gasteiger partial charge on any atom is -0.383 e. The zero-order valence-corrected chi connectivity index (χ0v) is 10.3. The molecule has 3 nitrogen and oxygen atoms in total. The van der Waals surface area contributed by atoms with Gasteiger partial charge < -0.3 is 9.84 Å². The number of fused-ring (bicyclic) bond motifs is 1. The third-order valence-corrected chi connectivity index (χ3v) is 3.34. The summed E-state index contributed by atoms with van der Waals surface area (Å²) in [5, 5.41) is 11.6. The summed E-state index contributed by atoms with van der Waals surface area (Å²) in [6.07, 6.45) is 1.47. The van der Waals surface area contributed by atoms with E-state index in [0.717, 1.165) is 16.5 Å². The molecule has 0 fully saturated rings. The Bertz CT molecular complexity index is 517. The Morgan fingerprint density at radius 2 is 2.06 bits per heavy atom. The maximum absolute atomic E-state index is 10.6. The Morgan fingerprint density at radius 1 is 1.29 bits per heavy atom. The highest BCUT2D eigenvalue weighted by Crippen LogP contribution is 2.31. The van der Waals surface area contributed by atoms with Gasteiger partial charge in [-0.25, -0.2) is 0 Å². The quantitative estimate of drug-likeness (QED) is 0.882. The monoisotopic (exact) mass is 231 g/mol. The highest BCUT2D eigenvalue weighted by atomic mass is 16.5. The Morgan fingerprint density at radius 3 is 2.76 bits per heavy atom. The molecule has 2 unspecified atom stereocenters. The van der Waals surface area contributed by atoms with Crippen molar-refractivity contribution in [2.75, 3.05) is 7.11 Å². The van der Waals surface area contributed by atoms with Crippen molar-refractivity contribution in [2.24, 2.45) is 0 Å². The molecule has 0 aliphatic rings. The number of methoxy groups -OCH3 is 1. The largest absolute Gasteiger partial charge is 0.383 e. The molecule has 1 aromatic carbocycles. The second kappa shape index (κ2) is 4.43. The van der Waals surface area contributed by atoms with Crippen LogP contribution in [0.5, 0.6) is 0 Å². The predicted octanol–water partition coefficient (Wildman–Crippen LogP) is 2.48.